The highest BCUT2D eigenvalue weighted by Crippen LogP contribution is 2.21. The molecule has 0 aromatic heterocycles. The lowest BCUT2D eigenvalue weighted by Gasteiger charge is -2.20. The monoisotopic (exact) mass is 402 g/mol. The predicted octanol–water partition coefficient (Wildman–Crippen LogP) is 2.57. The van der Waals surface area contributed by atoms with Gasteiger partial charge in [-0.3, -0.25) is 4.79 Å². The van der Waals surface area contributed by atoms with Crippen molar-refractivity contribution in [2.24, 2.45) is 0 Å². The van der Waals surface area contributed by atoms with E-state index in [-0.39, 0.29) is 19.0 Å². The van der Waals surface area contributed by atoms with E-state index in [1.54, 1.807) is 24.3 Å². The number of amides is 1. The molecule has 1 amide bonds. The Hall–Kier alpha value is -1.15. The number of hydrogen-bond acceptors (Lipinski definition) is 4. The minimum Gasteiger partial charge on any atom is -0.378 e. The normalized spacial score (nSPS) is 15.5. The molecule has 1 saturated carbocycles. The number of hydrogen-bond donors (Lipinski definition) is 1. The maximum atomic E-state index is 12.1. The molecule has 2 rings (SSSR count). The summed E-state index contributed by atoms with van der Waals surface area (Å²) in [5, 5.41) is 3.23. The molecule has 0 radical (unpaired) electrons. The van der Waals surface area contributed by atoms with Crippen molar-refractivity contribution >= 4 is 27.5 Å². The highest BCUT2D eigenvalue weighted by atomic mass is 35.5. The van der Waals surface area contributed by atoms with Crippen LogP contribution in [-0.2, 0) is 26.1 Å². The summed E-state index contributed by atoms with van der Waals surface area (Å²) in [5.41, 5.74) is 0.664. The molecule has 1 aromatic rings. The van der Waals surface area contributed by atoms with Crippen LogP contribution >= 0.6 is 11.6 Å². The van der Waals surface area contributed by atoms with Crippen LogP contribution in [0.15, 0.2) is 24.3 Å². The SMILES string of the molecule is CS(=O)(=O)N(CC(=O)NCCCOC1CCCC1)Cc1ccccc1Cl. The van der Waals surface area contributed by atoms with E-state index in [4.69, 9.17) is 16.3 Å². The molecule has 1 aliphatic carbocycles. The summed E-state index contributed by atoms with van der Waals surface area (Å²) in [6, 6.07) is 7.00. The van der Waals surface area contributed by atoms with Crippen molar-refractivity contribution in [1.29, 1.82) is 0 Å². The number of nitrogens with one attached hydrogen (secondary N) is 1. The third kappa shape index (κ3) is 7.23. The zero-order valence-electron chi connectivity index (χ0n) is 15.1. The van der Waals surface area contributed by atoms with Crippen LogP contribution in [-0.4, -0.2) is 50.7 Å². The molecule has 0 heterocycles. The zero-order valence-corrected chi connectivity index (χ0v) is 16.7. The number of ether oxygens (including phenoxy) is 1. The van der Waals surface area contributed by atoms with Crippen molar-refractivity contribution in [2.75, 3.05) is 26.0 Å². The van der Waals surface area contributed by atoms with Crippen molar-refractivity contribution < 1.29 is 17.9 Å². The number of carbonyl (C=O) groups is 1. The molecular weight excluding hydrogens is 376 g/mol. The van der Waals surface area contributed by atoms with Crippen LogP contribution in [0, 0.1) is 0 Å². The van der Waals surface area contributed by atoms with Crippen molar-refractivity contribution in [2.45, 2.75) is 44.8 Å². The first-order valence-electron chi connectivity index (χ1n) is 8.93. The van der Waals surface area contributed by atoms with E-state index in [0.29, 0.717) is 36.3 Å². The second kappa shape index (κ2) is 10.3. The Morgan fingerprint density at radius 2 is 2.00 bits per heavy atom. The summed E-state index contributed by atoms with van der Waals surface area (Å²) in [7, 11) is -3.53. The van der Waals surface area contributed by atoms with Gasteiger partial charge in [-0.1, -0.05) is 42.6 Å². The summed E-state index contributed by atoms with van der Waals surface area (Å²) in [6.45, 7) is 0.917. The molecule has 0 unspecified atom stereocenters. The summed E-state index contributed by atoms with van der Waals surface area (Å²) in [4.78, 5) is 12.1. The number of rotatable bonds is 10. The van der Waals surface area contributed by atoms with Crippen molar-refractivity contribution in [3.05, 3.63) is 34.9 Å². The fourth-order valence-corrected chi connectivity index (χ4v) is 3.85. The van der Waals surface area contributed by atoms with Gasteiger partial charge in [0.25, 0.3) is 0 Å². The molecular formula is C18H27ClN2O4S. The molecule has 1 aromatic carbocycles. The lowest BCUT2D eigenvalue weighted by atomic mass is 10.2. The van der Waals surface area contributed by atoms with Crippen molar-refractivity contribution in [3.63, 3.8) is 0 Å². The van der Waals surface area contributed by atoms with Crippen LogP contribution in [0.1, 0.15) is 37.7 Å². The quantitative estimate of drug-likeness (QED) is 0.610. The Morgan fingerprint density at radius 3 is 2.65 bits per heavy atom. The molecule has 1 N–H and O–H groups in total. The average molecular weight is 403 g/mol. The molecule has 1 fully saturated rings. The van der Waals surface area contributed by atoms with Crippen LogP contribution < -0.4 is 5.32 Å². The van der Waals surface area contributed by atoms with Crippen LogP contribution in [0.5, 0.6) is 0 Å². The summed E-state index contributed by atoms with van der Waals surface area (Å²) in [5.74, 6) is -0.330. The number of sulfonamides is 1. The van der Waals surface area contributed by atoms with Crippen LogP contribution in [0.2, 0.25) is 5.02 Å². The first-order chi connectivity index (χ1) is 12.4. The van der Waals surface area contributed by atoms with Crippen molar-refractivity contribution in [1.82, 2.24) is 9.62 Å². The van der Waals surface area contributed by atoms with Gasteiger partial charge in [-0.05, 0) is 30.9 Å². The van der Waals surface area contributed by atoms with Gasteiger partial charge in [-0.25, -0.2) is 8.42 Å². The predicted molar refractivity (Wildman–Crippen MR) is 103 cm³/mol. The first-order valence-corrected chi connectivity index (χ1v) is 11.2. The largest absolute Gasteiger partial charge is 0.378 e. The molecule has 26 heavy (non-hydrogen) atoms. The Morgan fingerprint density at radius 1 is 1.31 bits per heavy atom. The zero-order chi connectivity index (χ0) is 19.0. The highest BCUT2D eigenvalue weighted by Gasteiger charge is 2.21. The van der Waals surface area contributed by atoms with Gasteiger partial charge in [0, 0.05) is 24.7 Å². The van der Waals surface area contributed by atoms with E-state index in [9.17, 15) is 13.2 Å². The molecule has 6 nitrogen and oxygen atoms in total. The van der Waals surface area contributed by atoms with Gasteiger partial charge in [0.05, 0.1) is 18.9 Å². The van der Waals surface area contributed by atoms with Crippen molar-refractivity contribution in [3.8, 4) is 0 Å². The molecule has 0 spiro atoms. The van der Waals surface area contributed by atoms with E-state index in [0.717, 1.165) is 23.4 Å². The van der Waals surface area contributed by atoms with E-state index in [2.05, 4.69) is 5.32 Å². The number of benzene rings is 1. The summed E-state index contributed by atoms with van der Waals surface area (Å²) < 4.78 is 30.8. The standard InChI is InChI=1S/C18H27ClN2O4S/c1-26(23,24)21(13-15-7-2-5-10-17(15)19)14-18(22)20-11-6-12-25-16-8-3-4-9-16/h2,5,7,10,16H,3-4,6,8-9,11-14H2,1H3,(H,20,22). The van der Waals surface area contributed by atoms with Crippen LogP contribution in [0.25, 0.3) is 0 Å². The maximum absolute atomic E-state index is 12.1. The van der Waals surface area contributed by atoms with Gasteiger partial charge in [-0.2, -0.15) is 4.31 Å². The third-order valence-electron chi connectivity index (χ3n) is 4.39. The van der Waals surface area contributed by atoms with E-state index < -0.39 is 10.0 Å². The van der Waals surface area contributed by atoms with Gasteiger partial charge in [0.1, 0.15) is 0 Å². The first kappa shape index (κ1) is 21.2. The molecule has 0 atom stereocenters. The highest BCUT2D eigenvalue weighted by molar-refractivity contribution is 7.88. The summed E-state index contributed by atoms with van der Waals surface area (Å²) in [6.07, 6.45) is 6.87. The van der Waals surface area contributed by atoms with E-state index in [1.165, 1.54) is 12.8 Å². The molecule has 0 aliphatic heterocycles. The lowest BCUT2D eigenvalue weighted by molar-refractivity contribution is -0.121. The van der Waals surface area contributed by atoms with E-state index in [1.807, 2.05) is 0 Å². The maximum Gasteiger partial charge on any atom is 0.235 e. The molecule has 146 valence electrons. The number of carbonyl (C=O) groups excluding carboxylic acids is 1. The second-order valence-electron chi connectivity index (χ2n) is 6.60. The minimum atomic E-state index is -3.53. The van der Waals surface area contributed by atoms with Crippen LogP contribution in [0.3, 0.4) is 0 Å². The minimum absolute atomic E-state index is 0.0662. The molecule has 1 aliphatic rings. The lowest BCUT2D eigenvalue weighted by Crippen LogP contribution is -2.40. The Balaban J connectivity index is 1.76. The van der Waals surface area contributed by atoms with E-state index >= 15 is 0 Å². The number of halogens is 1. The van der Waals surface area contributed by atoms with Gasteiger partial charge >= 0.3 is 0 Å². The molecule has 0 saturated heterocycles. The van der Waals surface area contributed by atoms with Crippen LogP contribution in [0.4, 0.5) is 0 Å². The average Bonchev–Trinajstić information content (AvgIpc) is 3.08. The fourth-order valence-electron chi connectivity index (χ4n) is 2.93. The van der Waals surface area contributed by atoms with Gasteiger partial charge in [0.15, 0.2) is 0 Å². The Bertz CT molecular complexity index is 690. The molecule has 8 heteroatoms. The molecule has 0 bridgehead atoms. The fraction of sp³-hybridized carbons (Fsp3) is 0.611. The second-order valence-corrected chi connectivity index (χ2v) is 8.99. The smallest absolute Gasteiger partial charge is 0.235 e. The Kier molecular flexibility index (Phi) is 8.34. The van der Waals surface area contributed by atoms with Gasteiger partial charge in [-0.15, -0.1) is 0 Å². The summed E-state index contributed by atoms with van der Waals surface area (Å²) >= 11 is 6.09. The van der Waals surface area contributed by atoms with Gasteiger partial charge < -0.3 is 10.1 Å². The number of nitrogens with zero attached hydrogens (tertiary/aromatic N) is 1. The third-order valence-corrected chi connectivity index (χ3v) is 5.96. The topological polar surface area (TPSA) is 75.7 Å². The Labute approximate surface area is 160 Å². The van der Waals surface area contributed by atoms with Gasteiger partial charge in [0.2, 0.25) is 15.9 Å².